The molecular formula is C19H16N2. The normalized spacial score (nSPS) is 14.6. The van der Waals surface area contributed by atoms with Gasteiger partial charge in [0.05, 0.1) is 5.69 Å². The van der Waals surface area contributed by atoms with Gasteiger partial charge in [-0.2, -0.15) is 0 Å². The Morgan fingerprint density at radius 1 is 0.810 bits per heavy atom. The molecule has 2 nitrogen and oxygen atoms in total. The van der Waals surface area contributed by atoms with Crippen LogP contribution in [0.5, 0.6) is 0 Å². The first-order chi connectivity index (χ1) is 10.2. The Morgan fingerprint density at radius 2 is 1.57 bits per heavy atom. The molecule has 2 aromatic carbocycles. The standard InChI is InChI=1S/C19H16N2/c1-19(2)16-9-4-3-6-13(16)14-7-5-8-15(18(14)19)17-10-11-20-12-21-17/h3-12H,1-2H3. The second-order valence-corrected chi connectivity index (χ2v) is 5.99. The van der Waals surface area contributed by atoms with E-state index in [1.165, 1.54) is 27.8 Å². The Labute approximate surface area is 124 Å². The molecule has 0 amide bonds. The van der Waals surface area contributed by atoms with Crippen molar-refractivity contribution in [3.8, 4) is 22.4 Å². The van der Waals surface area contributed by atoms with Crippen molar-refractivity contribution in [2.45, 2.75) is 19.3 Å². The average molecular weight is 272 g/mol. The summed E-state index contributed by atoms with van der Waals surface area (Å²) < 4.78 is 0. The van der Waals surface area contributed by atoms with Gasteiger partial charge in [-0.15, -0.1) is 0 Å². The van der Waals surface area contributed by atoms with E-state index in [0.717, 1.165) is 5.69 Å². The van der Waals surface area contributed by atoms with E-state index in [9.17, 15) is 0 Å². The van der Waals surface area contributed by atoms with Crippen LogP contribution in [0.15, 0.2) is 61.1 Å². The first-order valence-electron chi connectivity index (χ1n) is 7.19. The maximum Gasteiger partial charge on any atom is 0.116 e. The number of rotatable bonds is 1. The smallest absolute Gasteiger partial charge is 0.116 e. The molecule has 1 heterocycles. The summed E-state index contributed by atoms with van der Waals surface area (Å²) in [5.74, 6) is 0. The number of fused-ring (bicyclic) bond motifs is 3. The molecule has 0 saturated heterocycles. The second kappa shape index (κ2) is 4.26. The lowest BCUT2D eigenvalue weighted by molar-refractivity contribution is 0.661. The van der Waals surface area contributed by atoms with Gasteiger partial charge in [0.25, 0.3) is 0 Å². The largest absolute Gasteiger partial charge is 0.245 e. The van der Waals surface area contributed by atoms with Gasteiger partial charge >= 0.3 is 0 Å². The molecule has 0 atom stereocenters. The van der Waals surface area contributed by atoms with Gasteiger partial charge in [0.1, 0.15) is 6.33 Å². The van der Waals surface area contributed by atoms with Crippen molar-refractivity contribution in [2.24, 2.45) is 0 Å². The van der Waals surface area contributed by atoms with Crippen molar-refractivity contribution in [1.82, 2.24) is 9.97 Å². The Balaban J connectivity index is 2.06. The molecule has 0 unspecified atom stereocenters. The topological polar surface area (TPSA) is 25.8 Å². The van der Waals surface area contributed by atoms with Crippen molar-refractivity contribution >= 4 is 0 Å². The molecule has 0 N–H and O–H groups in total. The van der Waals surface area contributed by atoms with Crippen molar-refractivity contribution in [3.63, 3.8) is 0 Å². The molecule has 1 aromatic heterocycles. The first-order valence-corrected chi connectivity index (χ1v) is 7.19. The average Bonchev–Trinajstić information content (AvgIpc) is 2.77. The third-order valence-electron chi connectivity index (χ3n) is 4.44. The zero-order valence-corrected chi connectivity index (χ0v) is 12.2. The molecule has 0 bridgehead atoms. The van der Waals surface area contributed by atoms with E-state index >= 15 is 0 Å². The highest BCUT2D eigenvalue weighted by molar-refractivity contribution is 5.87. The highest BCUT2D eigenvalue weighted by atomic mass is 14.8. The van der Waals surface area contributed by atoms with Gasteiger partial charge in [0, 0.05) is 17.2 Å². The second-order valence-electron chi connectivity index (χ2n) is 5.99. The minimum absolute atomic E-state index is 0.00648. The summed E-state index contributed by atoms with van der Waals surface area (Å²) >= 11 is 0. The van der Waals surface area contributed by atoms with E-state index in [4.69, 9.17) is 0 Å². The van der Waals surface area contributed by atoms with E-state index in [0.29, 0.717) is 0 Å². The molecular weight excluding hydrogens is 256 g/mol. The van der Waals surface area contributed by atoms with Crippen LogP contribution in [0.1, 0.15) is 25.0 Å². The van der Waals surface area contributed by atoms with E-state index in [1.54, 1.807) is 12.5 Å². The third kappa shape index (κ3) is 1.65. The van der Waals surface area contributed by atoms with Gasteiger partial charge in [0.15, 0.2) is 0 Å². The Morgan fingerprint density at radius 3 is 2.38 bits per heavy atom. The highest BCUT2D eigenvalue weighted by Crippen LogP contribution is 2.51. The molecule has 4 rings (SSSR count). The summed E-state index contributed by atoms with van der Waals surface area (Å²) in [5.41, 5.74) is 7.61. The van der Waals surface area contributed by atoms with E-state index in [1.807, 2.05) is 6.07 Å². The third-order valence-corrected chi connectivity index (χ3v) is 4.44. The Bertz CT molecular complexity index is 820. The van der Waals surface area contributed by atoms with E-state index in [-0.39, 0.29) is 5.41 Å². The van der Waals surface area contributed by atoms with Crippen molar-refractivity contribution in [2.75, 3.05) is 0 Å². The van der Waals surface area contributed by atoms with Gasteiger partial charge < -0.3 is 0 Å². The fraction of sp³-hybridized carbons (Fsp3) is 0.158. The maximum absolute atomic E-state index is 4.44. The van der Waals surface area contributed by atoms with Gasteiger partial charge in [-0.05, 0) is 28.3 Å². The van der Waals surface area contributed by atoms with Crippen LogP contribution in [0.4, 0.5) is 0 Å². The van der Waals surface area contributed by atoms with Crippen LogP contribution in [0.25, 0.3) is 22.4 Å². The van der Waals surface area contributed by atoms with Crippen LogP contribution in [-0.4, -0.2) is 9.97 Å². The highest BCUT2D eigenvalue weighted by Gasteiger charge is 2.37. The summed E-state index contributed by atoms with van der Waals surface area (Å²) in [5, 5.41) is 0. The molecule has 0 fully saturated rings. The molecule has 3 aromatic rings. The molecule has 21 heavy (non-hydrogen) atoms. The summed E-state index contributed by atoms with van der Waals surface area (Å²) in [6.45, 7) is 4.59. The number of aromatic nitrogens is 2. The molecule has 1 aliphatic rings. The predicted molar refractivity (Wildman–Crippen MR) is 85.0 cm³/mol. The number of hydrogen-bond acceptors (Lipinski definition) is 2. The zero-order chi connectivity index (χ0) is 14.4. The van der Waals surface area contributed by atoms with Crippen LogP contribution in [0.2, 0.25) is 0 Å². The van der Waals surface area contributed by atoms with E-state index < -0.39 is 0 Å². The van der Waals surface area contributed by atoms with Crippen molar-refractivity contribution in [3.05, 3.63) is 72.2 Å². The van der Waals surface area contributed by atoms with Crippen molar-refractivity contribution < 1.29 is 0 Å². The fourth-order valence-corrected chi connectivity index (χ4v) is 3.51. The van der Waals surface area contributed by atoms with Gasteiger partial charge in [-0.1, -0.05) is 56.3 Å². The maximum atomic E-state index is 4.44. The lowest BCUT2D eigenvalue weighted by atomic mass is 9.79. The summed E-state index contributed by atoms with van der Waals surface area (Å²) in [6.07, 6.45) is 3.42. The van der Waals surface area contributed by atoms with E-state index in [2.05, 4.69) is 66.3 Å². The predicted octanol–water partition coefficient (Wildman–Crippen LogP) is 4.45. The Hall–Kier alpha value is -2.48. The summed E-state index contributed by atoms with van der Waals surface area (Å²) in [7, 11) is 0. The fourth-order valence-electron chi connectivity index (χ4n) is 3.51. The van der Waals surface area contributed by atoms with Crippen LogP contribution in [0, 0.1) is 0 Å². The Kier molecular flexibility index (Phi) is 2.49. The number of benzene rings is 2. The molecule has 2 heteroatoms. The van der Waals surface area contributed by atoms with Crippen molar-refractivity contribution in [1.29, 1.82) is 0 Å². The summed E-state index contributed by atoms with van der Waals surface area (Å²) in [6, 6.07) is 17.2. The monoisotopic (exact) mass is 272 g/mol. The zero-order valence-electron chi connectivity index (χ0n) is 12.2. The molecule has 0 radical (unpaired) electrons. The minimum Gasteiger partial charge on any atom is -0.245 e. The number of nitrogens with zero attached hydrogens (tertiary/aromatic N) is 2. The van der Waals surface area contributed by atoms with Crippen LogP contribution in [0.3, 0.4) is 0 Å². The summed E-state index contributed by atoms with van der Waals surface area (Å²) in [4.78, 5) is 8.47. The van der Waals surface area contributed by atoms with Gasteiger partial charge in [-0.3, -0.25) is 0 Å². The number of hydrogen-bond donors (Lipinski definition) is 0. The lowest BCUT2D eigenvalue weighted by Gasteiger charge is -2.24. The quantitative estimate of drug-likeness (QED) is 0.654. The van der Waals surface area contributed by atoms with Crippen LogP contribution in [-0.2, 0) is 5.41 Å². The van der Waals surface area contributed by atoms with Gasteiger partial charge in [-0.25, -0.2) is 9.97 Å². The molecule has 102 valence electrons. The first kappa shape index (κ1) is 12.3. The minimum atomic E-state index is -0.00648. The molecule has 0 spiro atoms. The lowest BCUT2D eigenvalue weighted by Crippen LogP contribution is -2.16. The molecule has 0 saturated carbocycles. The van der Waals surface area contributed by atoms with Crippen LogP contribution < -0.4 is 0 Å². The van der Waals surface area contributed by atoms with Gasteiger partial charge in [0.2, 0.25) is 0 Å². The SMILES string of the molecule is CC1(C)c2ccccc2-c2cccc(-c3ccncn3)c21. The molecule has 1 aliphatic carbocycles. The van der Waals surface area contributed by atoms with Crippen LogP contribution >= 0.6 is 0 Å². The molecule has 0 aliphatic heterocycles.